The van der Waals surface area contributed by atoms with Gasteiger partial charge in [0, 0.05) is 6.54 Å². The summed E-state index contributed by atoms with van der Waals surface area (Å²) in [6.07, 6.45) is 0.742. The van der Waals surface area contributed by atoms with Gasteiger partial charge in [0.2, 0.25) is 10.0 Å². The second-order valence-corrected chi connectivity index (χ2v) is 6.98. The van der Waals surface area contributed by atoms with Crippen molar-refractivity contribution in [1.29, 1.82) is 0 Å². The standard InChI is InChI=1S/C14H23NO2S/c1-5-18(16,17)15-9-8-14-10-13(11(2)3)7-6-12(14)4/h6-7,10-11,15H,5,8-9H2,1-4H3. The van der Waals surface area contributed by atoms with Crippen molar-refractivity contribution < 1.29 is 8.42 Å². The van der Waals surface area contributed by atoms with Crippen LogP contribution in [0.2, 0.25) is 0 Å². The summed E-state index contributed by atoms with van der Waals surface area (Å²) in [5.74, 6) is 0.634. The van der Waals surface area contributed by atoms with E-state index in [2.05, 4.69) is 43.7 Å². The van der Waals surface area contributed by atoms with Gasteiger partial charge in [0.25, 0.3) is 0 Å². The summed E-state index contributed by atoms with van der Waals surface area (Å²) in [4.78, 5) is 0. The first-order valence-corrected chi connectivity index (χ1v) is 8.07. The smallest absolute Gasteiger partial charge is 0.211 e. The van der Waals surface area contributed by atoms with Crippen LogP contribution in [0.3, 0.4) is 0 Å². The normalized spacial score (nSPS) is 12.1. The minimum atomic E-state index is -3.08. The summed E-state index contributed by atoms with van der Waals surface area (Å²) in [6, 6.07) is 6.43. The van der Waals surface area contributed by atoms with Gasteiger partial charge in [-0.2, -0.15) is 0 Å². The zero-order valence-electron chi connectivity index (χ0n) is 11.7. The Morgan fingerprint density at radius 1 is 1.28 bits per heavy atom. The van der Waals surface area contributed by atoms with Crippen molar-refractivity contribution >= 4 is 10.0 Å². The van der Waals surface area contributed by atoms with E-state index < -0.39 is 10.0 Å². The molecule has 102 valence electrons. The molecule has 0 spiro atoms. The Balaban J connectivity index is 2.70. The molecule has 1 rings (SSSR count). The molecule has 18 heavy (non-hydrogen) atoms. The predicted octanol–water partition coefficient (Wildman–Crippen LogP) is 2.60. The number of hydrogen-bond donors (Lipinski definition) is 1. The summed E-state index contributed by atoms with van der Waals surface area (Å²) in [5.41, 5.74) is 3.74. The van der Waals surface area contributed by atoms with Crippen LogP contribution in [0.4, 0.5) is 0 Å². The number of nitrogens with one attached hydrogen (secondary N) is 1. The van der Waals surface area contributed by atoms with Crippen molar-refractivity contribution in [2.45, 2.75) is 40.0 Å². The molecule has 4 heteroatoms. The van der Waals surface area contributed by atoms with Gasteiger partial charge in [0.15, 0.2) is 0 Å². The fraction of sp³-hybridized carbons (Fsp3) is 0.571. The van der Waals surface area contributed by atoms with E-state index in [1.165, 1.54) is 16.7 Å². The van der Waals surface area contributed by atoms with Gasteiger partial charge in [-0.25, -0.2) is 13.1 Å². The van der Waals surface area contributed by atoms with Gasteiger partial charge in [-0.15, -0.1) is 0 Å². The van der Waals surface area contributed by atoms with Gasteiger partial charge in [-0.05, 0) is 42.9 Å². The average molecular weight is 269 g/mol. The number of aryl methyl sites for hydroxylation is 1. The highest BCUT2D eigenvalue weighted by molar-refractivity contribution is 7.89. The molecule has 0 bridgehead atoms. The number of hydrogen-bond acceptors (Lipinski definition) is 2. The van der Waals surface area contributed by atoms with E-state index in [1.54, 1.807) is 6.92 Å². The van der Waals surface area contributed by atoms with E-state index in [1.807, 2.05) is 0 Å². The Kier molecular flexibility index (Phi) is 5.35. The SMILES string of the molecule is CCS(=O)(=O)NCCc1cc(C(C)C)ccc1C. The highest BCUT2D eigenvalue weighted by Gasteiger charge is 2.07. The van der Waals surface area contributed by atoms with Crippen molar-refractivity contribution in [3.05, 3.63) is 34.9 Å². The quantitative estimate of drug-likeness (QED) is 0.863. The Morgan fingerprint density at radius 2 is 1.94 bits per heavy atom. The van der Waals surface area contributed by atoms with Gasteiger partial charge >= 0.3 is 0 Å². The van der Waals surface area contributed by atoms with E-state index in [-0.39, 0.29) is 5.75 Å². The lowest BCUT2D eigenvalue weighted by Crippen LogP contribution is -2.27. The molecule has 0 amide bonds. The Labute approximate surface area is 111 Å². The lowest BCUT2D eigenvalue weighted by Gasteiger charge is -2.11. The number of sulfonamides is 1. The van der Waals surface area contributed by atoms with Crippen LogP contribution < -0.4 is 4.72 Å². The summed E-state index contributed by atoms with van der Waals surface area (Å²) >= 11 is 0. The van der Waals surface area contributed by atoms with E-state index >= 15 is 0 Å². The van der Waals surface area contributed by atoms with Crippen molar-refractivity contribution in [3.63, 3.8) is 0 Å². The molecule has 0 atom stereocenters. The molecule has 0 aromatic heterocycles. The summed E-state index contributed by atoms with van der Waals surface area (Å²) in [6.45, 7) is 8.50. The minimum Gasteiger partial charge on any atom is -0.215 e. The lowest BCUT2D eigenvalue weighted by molar-refractivity contribution is 0.583. The van der Waals surface area contributed by atoms with Crippen LogP contribution in [0.5, 0.6) is 0 Å². The molecule has 0 aliphatic carbocycles. The Morgan fingerprint density at radius 3 is 2.50 bits per heavy atom. The number of benzene rings is 1. The molecule has 0 heterocycles. The largest absolute Gasteiger partial charge is 0.215 e. The predicted molar refractivity (Wildman–Crippen MR) is 76.4 cm³/mol. The Bertz CT molecular complexity index is 493. The van der Waals surface area contributed by atoms with Crippen LogP contribution in [0.15, 0.2) is 18.2 Å². The van der Waals surface area contributed by atoms with Crippen LogP contribution in [0.1, 0.15) is 43.4 Å². The second-order valence-electron chi connectivity index (χ2n) is 4.89. The zero-order valence-corrected chi connectivity index (χ0v) is 12.5. The van der Waals surface area contributed by atoms with Crippen molar-refractivity contribution in [2.75, 3.05) is 12.3 Å². The molecule has 1 N–H and O–H groups in total. The fourth-order valence-corrected chi connectivity index (χ4v) is 2.38. The lowest BCUT2D eigenvalue weighted by atomic mass is 9.96. The third kappa shape index (κ3) is 4.42. The second kappa shape index (κ2) is 6.34. The van der Waals surface area contributed by atoms with Gasteiger partial charge in [0.05, 0.1) is 5.75 Å². The topological polar surface area (TPSA) is 46.2 Å². The minimum absolute atomic E-state index is 0.137. The molecule has 3 nitrogen and oxygen atoms in total. The first kappa shape index (κ1) is 15.2. The fourth-order valence-electron chi connectivity index (χ4n) is 1.76. The van der Waals surface area contributed by atoms with E-state index in [0.29, 0.717) is 12.5 Å². The van der Waals surface area contributed by atoms with Crippen LogP contribution in [-0.2, 0) is 16.4 Å². The molecule has 1 aromatic carbocycles. The van der Waals surface area contributed by atoms with Gasteiger partial charge in [0.1, 0.15) is 0 Å². The van der Waals surface area contributed by atoms with Gasteiger partial charge in [-0.3, -0.25) is 0 Å². The van der Waals surface area contributed by atoms with Gasteiger partial charge < -0.3 is 0 Å². The zero-order chi connectivity index (χ0) is 13.8. The first-order valence-electron chi connectivity index (χ1n) is 6.42. The molecule has 0 saturated carbocycles. The molecule has 0 radical (unpaired) electrons. The molecule has 0 aliphatic rings. The van der Waals surface area contributed by atoms with Gasteiger partial charge in [-0.1, -0.05) is 32.0 Å². The van der Waals surface area contributed by atoms with Crippen LogP contribution in [0.25, 0.3) is 0 Å². The van der Waals surface area contributed by atoms with Crippen LogP contribution >= 0.6 is 0 Å². The molecule has 0 saturated heterocycles. The summed E-state index contributed by atoms with van der Waals surface area (Å²) in [7, 11) is -3.08. The van der Waals surface area contributed by atoms with E-state index in [0.717, 1.165) is 6.42 Å². The van der Waals surface area contributed by atoms with E-state index in [9.17, 15) is 8.42 Å². The maximum absolute atomic E-state index is 11.3. The van der Waals surface area contributed by atoms with E-state index in [4.69, 9.17) is 0 Å². The highest BCUT2D eigenvalue weighted by atomic mass is 32.2. The van der Waals surface area contributed by atoms with Crippen molar-refractivity contribution in [1.82, 2.24) is 4.72 Å². The maximum atomic E-state index is 11.3. The average Bonchev–Trinajstić information content (AvgIpc) is 2.31. The highest BCUT2D eigenvalue weighted by Crippen LogP contribution is 2.18. The van der Waals surface area contributed by atoms with Crippen LogP contribution in [-0.4, -0.2) is 20.7 Å². The molecular weight excluding hydrogens is 246 g/mol. The van der Waals surface area contributed by atoms with Crippen molar-refractivity contribution in [2.24, 2.45) is 0 Å². The molecule has 1 aromatic rings. The third-order valence-corrected chi connectivity index (χ3v) is 4.54. The monoisotopic (exact) mass is 269 g/mol. The number of rotatable bonds is 6. The molecule has 0 aliphatic heterocycles. The Hall–Kier alpha value is -0.870. The van der Waals surface area contributed by atoms with Crippen molar-refractivity contribution in [3.8, 4) is 0 Å². The molecule has 0 fully saturated rings. The maximum Gasteiger partial charge on any atom is 0.211 e. The molecular formula is C14H23NO2S. The molecule has 0 unspecified atom stereocenters. The van der Waals surface area contributed by atoms with Crippen LogP contribution in [0, 0.1) is 6.92 Å². The first-order chi connectivity index (χ1) is 8.35. The summed E-state index contributed by atoms with van der Waals surface area (Å²) in [5, 5.41) is 0. The summed E-state index contributed by atoms with van der Waals surface area (Å²) < 4.78 is 25.3. The third-order valence-electron chi connectivity index (χ3n) is 3.14.